The number of anilines is 1. The smallest absolute Gasteiger partial charge is 0.157 e. The summed E-state index contributed by atoms with van der Waals surface area (Å²) >= 11 is 1.25. The van der Waals surface area contributed by atoms with Crippen molar-refractivity contribution < 1.29 is 14.9 Å². The van der Waals surface area contributed by atoms with Crippen LogP contribution in [0.15, 0.2) is 53.4 Å². The summed E-state index contributed by atoms with van der Waals surface area (Å²) < 4.78 is 10.8. The Hall–Kier alpha value is -2.84. The average molecular weight is 548 g/mol. The molecule has 0 bridgehead atoms. The number of aromatic nitrogens is 1. The van der Waals surface area contributed by atoms with Crippen LogP contribution in [0, 0.1) is 11.3 Å². The van der Waals surface area contributed by atoms with Gasteiger partial charge in [-0.3, -0.25) is 4.72 Å². The van der Waals surface area contributed by atoms with Crippen LogP contribution in [0.25, 0.3) is 27.6 Å². The highest BCUT2D eigenvalue weighted by molar-refractivity contribution is 8.01. The third kappa shape index (κ3) is 6.33. The second-order valence-corrected chi connectivity index (χ2v) is 11.5. The Labute approximate surface area is 234 Å². The van der Waals surface area contributed by atoms with E-state index in [-0.39, 0.29) is 12.5 Å². The molecule has 3 heterocycles. The van der Waals surface area contributed by atoms with E-state index >= 15 is 0 Å². The van der Waals surface area contributed by atoms with Gasteiger partial charge in [-0.2, -0.15) is 5.26 Å². The first-order valence-corrected chi connectivity index (χ1v) is 14.3. The number of ether oxygens (including phenoxy) is 1. The summed E-state index contributed by atoms with van der Waals surface area (Å²) in [6.07, 6.45) is -1.14. The minimum Gasteiger partial charge on any atom is -0.393 e. The van der Waals surface area contributed by atoms with Gasteiger partial charge in [0, 0.05) is 69.7 Å². The highest BCUT2D eigenvalue weighted by Gasteiger charge is 2.27. The molecule has 3 N–H and O–H groups in total. The number of aliphatic hydroxyl groups is 2. The van der Waals surface area contributed by atoms with Crippen molar-refractivity contribution in [1.29, 1.82) is 5.26 Å². The molecule has 0 radical (unpaired) electrons. The van der Waals surface area contributed by atoms with E-state index in [1.165, 1.54) is 28.4 Å². The molecule has 3 atom stereocenters. The number of nitrogens with zero attached hydrogens (tertiary/aromatic N) is 4. The minimum absolute atomic E-state index is 0.233. The predicted molar refractivity (Wildman–Crippen MR) is 158 cm³/mol. The Balaban J connectivity index is 1.30. The molecule has 0 amide bonds. The fourth-order valence-electron chi connectivity index (χ4n) is 5.43. The highest BCUT2D eigenvalue weighted by Crippen LogP contribution is 2.32. The van der Waals surface area contributed by atoms with Crippen molar-refractivity contribution in [2.45, 2.75) is 38.3 Å². The van der Waals surface area contributed by atoms with Gasteiger partial charge in [0.05, 0.1) is 12.2 Å². The van der Waals surface area contributed by atoms with Crippen molar-refractivity contribution >= 4 is 34.0 Å². The molecule has 1 aromatic heterocycles. The fraction of sp³-hybridized carbons (Fsp3) is 0.433. The van der Waals surface area contributed by atoms with Crippen LogP contribution < -0.4 is 9.62 Å². The van der Waals surface area contributed by atoms with Crippen LogP contribution >= 0.6 is 11.9 Å². The Morgan fingerprint density at radius 1 is 1.03 bits per heavy atom. The van der Waals surface area contributed by atoms with E-state index in [1.54, 1.807) is 0 Å². The quantitative estimate of drug-likeness (QED) is 0.302. The van der Waals surface area contributed by atoms with Gasteiger partial charge in [0.25, 0.3) is 0 Å². The van der Waals surface area contributed by atoms with Gasteiger partial charge >= 0.3 is 0 Å². The molecule has 2 aliphatic rings. The SMILES string of the molecule is C/C(=C(/C#N)SNC[C@@H]1CC(O)CC(O)O1)c1ccc(-c2ccc3cc(N4CCN(C)CC4)ccc3c2)n1C. The van der Waals surface area contributed by atoms with E-state index in [0.29, 0.717) is 17.9 Å². The molecule has 2 aromatic carbocycles. The zero-order valence-corrected chi connectivity index (χ0v) is 23.6. The molecule has 0 saturated carbocycles. The van der Waals surface area contributed by atoms with E-state index in [9.17, 15) is 15.5 Å². The van der Waals surface area contributed by atoms with Gasteiger partial charge in [-0.25, -0.2) is 0 Å². The van der Waals surface area contributed by atoms with Gasteiger partial charge in [0.15, 0.2) is 6.29 Å². The van der Waals surface area contributed by atoms with Gasteiger partial charge in [0.1, 0.15) is 11.0 Å². The maximum absolute atomic E-state index is 9.86. The lowest BCUT2D eigenvalue weighted by Crippen LogP contribution is -2.44. The van der Waals surface area contributed by atoms with Crippen molar-refractivity contribution in [2.24, 2.45) is 7.05 Å². The molecule has 0 aliphatic carbocycles. The number of hydrogen-bond donors (Lipinski definition) is 3. The van der Waals surface area contributed by atoms with Gasteiger partial charge in [-0.1, -0.05) is 18.2 Å². The lowest BCUT2D eigenvalue weighted by molar-refractivity contribution is -0.186. The molecule has 8 nitrogen and oxygen atoms in total. The van der Waals surface area contributed by atoms with Crippen molar-refractivity contribution in [1.82, 2.24) is 14.2 Å². The van der Waals surface area contributed by atoms with E-state index in [4.69, 9.17) is 4.74 Å². The maximum Gasteiger partial charge on any atom is 0.157 e. The lowest BCUT2D eigenvalue weighted by atomic mass is 10.0. The Bertz CT molecular complexity index is 1380. The number of fused-ring (bicyclic) bond motifs is 1. The average Bonchev–Trinajstić information content (AvgIpc) is 3.31. The van der Waals surface area contributed by atoms with Crippen LogP contribution in [-0.4, -0.2) is 77.9 Å². The van der Waals surface area contributed by atoms with Crippen LogP contribution in [-0.2, 0) is 11.8 Å². The van der Waals surface area contributed by atoms with Crippen LogP contribution in [0.2, 0.25) is 0 Å². The molecule has 9 heteroatoms. The van der Waals surface area contributed by atoms with Crippen LogP contribution in [0.4, 0.5) is 5.69 Å². The van der Waals surface area contributed by atoms with Crippen LogP contribution in [0.1, 0.15) is 25.5 Å². The number of aliphatic hydroxyl groups excluding tert-OH is 2. The summed E-state index contributed by atoms with van der Waals surface area (Å²) in [7, 11) is 4.20. The minimum atomic E-state index is -0.950. The van der Waals surface area contributed by atoms with Gasteiger partial charge in [-0.15, -0.1) is 0 Å². The fourth-order valence-corrected chi connectivity index (χ4v) is 6.15. The highest BCUT2D eigenvalue weighted by atomic mass is 32.2. The van der Waals surface area contributed by atoms with Crippen molar-refractivity contribution in [3.8, 4) is 17.3 Å². The van der Waals surface area contributed by atoms with Gasteiger partial charge < -0.3 is 29.3 Å². The van der Waals surface area contributed by atoms with Crippen molar-refractivity contribution in [3.05, 3.63) is 59.1 Å². The second kappa shape index (κ2) is 12.1. The molecule has 2 fully saturated rings. The number of nitriles is 1. The first kappa shape index (κ1) is 27.7. The molecule has 2 unspecified atom stereocenters. The molecule has 3 aromatic rings. The molecule has 5 rings (SSSR count). The van der Waals surface area contributed by atoms with Crippen molar-refractivity contribution in [2.75, 3.05) is 44.7 Å². The topological polar surface area (TPSA) is 96.9 Å². The molecule has 0 spiro atoms. The summed E-state index contributed by atoms with van der Waals surface area (Å²) in [6.45, 7) is 6.66. The number of piperazine rings is 1. The Morgan fingerprint density at radius 3 is 2.51 bits per heavy atom. The largest absolute Gasteiger partial charge is 0.393 e. The van der Waals surface area contributed by atoms with Gasteiger partial charge in [0.2, 0.25) is 0 Å². The van der Waals surface area contributed by atoms with Crippen molar-refractivity contribution in [3.63, 3.8) is 0 Å². The number of rotatable bonds is 7. The number of likely N-dealkylation sites (N-methyl/N-ethyl adjacent to an activating group) is 1. The zero-order chi connectivity index (χ0) is 27.5. The zero-order valence-electron chi connectivity index (χ0n) is 22.8. The Kier molecular flexibility index (Phi) is 8.62. The van der Waals surface area contributed by atoms with E-state index in [2.05, 4.69) is 80.7 Å². The summed E-state index contributed by atoms with van der Waals surface area (Å²) in [4.78, 5) is 5.39. The standard InChI is InChI=1S/C30H37N5O3S/c1-20(29(18-31)39-32-19-26-16-25(36)17-30(37)38-26)27-8-9-28(34(27)3)23-5-4-22-15-24(7-6-21(22)14-23)35-12-10-33(2)11-13-35/h4-9,14-15,25-26,30,32,36-37H,10-13,16-17,19H2,1-3H3/b29-20+/t25?,26-,30?/m0/s1. The van der Waals surface area contributed by atoms with E-state index in [0.717, 1.165) is 48.7 Å². The summed E-state index contributed by atoms with van der Waals surface area (Å²) in [6, 6.07) is 19.8. The lowest BCUT2D eigenvalue weighted by Gasteiger charge is -2.34. The van der Waals surface area contributed by atoms with Crippen LogP contribution in [0.3, 0.4) is 0 Å². The monoisotopic (exact) mass is 547 g/mol. The number of hydrogen-bond acceptors (Lipinski definition) is 8. The molecule has 2 aliphatic heterocycles. The van der Waals surface area contributed by atoms with E-state index < -0.39 is 12.4 Å². The number of nitrogens with one attached hydrogen (secondary N) is 1. The second-order valence-electron chi connectivity index (χ2n) is 10.6. The molecule has 39 heavy (non-hydrogen) atoms. The molecular formula is C30H37N5O3S. The predicted octanol–water partition coefficient (Wildman–Crippen LogP) is 3.95. The van der Waals surface area contributed by atoms with E-state index in [1.807, 2.05) is 14.0 Å². The van der Waals surface area contributed by atoms with Crippen LogP contribution in [0.5, 0.6) is 0 Å². The summed E-state index contributed by atoms with van der Waals surface area (Å²) in [5, 5.41) is 31.9. The number of allylic oxidation sites excluding steroid dienone is 2. The molecule has 2 saturated heterocycles. The summed E-state index contributed by atoms with van der Waals surface area (Å²) in [5.41, 5.74) is 5.35. The molecular weight excluding hydrogens is 510 g/mol. The third-order valence-corrected chi connectivity index (χ3v) is 8.69. The molecule has 206 valence electrons. The number of benzene rings is 2. The normalized spacial score (nSPS) is 23.1. The maximum atomic E-state index is 9.86. The Morgan fingerprint density at radius 2 is 1.77 bits per heavy atom. The third-order valence-electron chi connectivity index (χ3n) is 7.78. The summed E-state index contributed by atoms with van der Waals surface area (Å²) in [5.74, 6) is 0. The van der Waals surface area contributed by atoms with Gasteiger partial charge in [-0.05, 0) is 78.2 Å². The first-order chi connectivity index (χ1) is 18.8. The first-order valence-electron chi connectivity index (χ1n) is 13.5.